The van der Waals surface area contributed by atoms with Crippen LogP contribution in [-0.2, 0) is 30.7 Å². The number of nitrogens with one attached hydrogen (secondary N) is 2. The van der Waals surface area contributed by atoms with E-state index in [9.17, 15) is 44.7 Å². The summed E-state index contributed by atoms with van der Waals surface area (Å²) >= 11 is 0. The molecule has 2 amide bonds. The van der Waals surface area contributed by atoms with E-state index in [0.29, 0.717) is 17.7 Å². The average Bonchev–Trinajstić information content (AvgIpc) is 2.97. The lowest BCUT2D eigenvalue weighted by molar-refractivity contribution is -0.138. The van der Waals surface area contributed by atoms with Gasteiger partial charge in [0.1, 0.15) is 11.6 Å². The van der Waals surface area contributed by atoms with Gasteiger partial charge in [0.2, 0.25) is 0 Å². The maximum Gasteiger partial charge on any atom is 0.416 e. The van der Waals surface area contributed by atoms with Gasteiger partial charge < -0.3 is 15.7 Å². The molecule has 0 saturated heterocycles. The second kappa shape index (κ2) is 13.0. The second-order valence-electron chi connectivity index (χ2n) is 10.1. The summed E-state index contributed by atoms with van der Waals surface area (Å²) in [5.74, 6) is -3.27. The largest absolute Gasteiger partial charge is 0.465 e. The van der Waals surface area contributed by atoms with E-state index in [2.05, 4.69) is 10.6 Å². The molecule has 0 aromatic heterocycles. The van der Waals surface area contributed by atoms with Gasteiger partial charge in [-0.05, 0) is 71.1 Å². The Bertz CT molecular complexity index is 1690. The van der Waals surface area contributed by atoms with Crippen molar-refractivity contribution >= 4 is 12.0 Å². The second-order valence-corrected chi connectivity index (χ2v) is 10.1. The molecule has 45 heavy (non-hydrogen) atoms. The summed E-state index contributed by atoms with van der Waals surface area (Å²) in [6.45, 7) is -0.254. The van der Waals surface area contributed by atoms with Crippen molar-refractivity contribution in [3.8, 4) is 0 Å². The minimum Gasteiger partial charge on any atom is -0.465 e. The molecule has 3 N–H and O–H groups in total. The summed E-state index contributed by atoms with van der Waals surface area (Å²) in [6, 6.07) is 16.2. The highest BCUT2D eigenvalue weighted by molar-refractivity contribution is 5.95. The zero-order valence-electron chi connectivity index (χ0n) is 23.1. The van der Waals surface area contributed by atoms with Gasteiger partial charge in [0.25, 0.3) is 5.91 Å². The van der Waals surface area contributed by atoms with E-state index >= 15 is 0 Å². The molecule has 0 saturated carbocycles. The van der Waals surface area contributed by atoms with Crippen LogP contribution in [0.15, 0.2) is 91.0 Å². The summed E-state index contributed by atoms with van der Waals surface area (Å²) in [6.07, 6.45) is -11.8. The predicted molar refractivity (Wildman–Crippen MR) is 147 cm³/mol. The minimum atomic E-state index is -5.03. The smallest absolute Gasteiger partial charge is 0.416 e. The van der Waals surface area contributed by atoms with Crippen LogP contribution in [0.5, 0.6) is 0 Å². The fourth-order valence-corrected chi connectivity index (χ4v) is 4.90. The number of rotatable bonds is 9. The number of benzene rings is 4. The first-order chi connectivity index (χ1) is 21.1. The Morgan fingerprint density at radius 1 is 0.689 bits per heavy atom. The molecule has 0 aliphatic carbocycles. The van der Waals surface area contributed by atoms with Crippen molar-refractivity contribution in [3.63, 3.8) is 0 Å². The molecule has 13 heteroatoms. The van der Waals surface area contributed by atoms with Gasteiger partial charge in [0.05, 0.1) is 16.7 Å². The Morgan fingerprint density at radius 3 is 2.00 bits per heavy atom. The molecule has 4 aromatic carbocycles. The third-order valence-electron chi connectivity index (χ3n) is 7.02. The van der Waals surface area contributed by atoms with E-state index in [-0.39, 0.29) is 36.6 Å². The third kappa shape index (κ3) is 7.97. The maximum absolute atomic E-state index is 14.9. The molecule has 0 bridgehead atoms. The van der Waals surface area contributed by atoms with Gasteiger partial charge in [-0.1, -0.05) is 48.5 Å². The Kier molecular flexibility index (Phi) is 9.50. The molecule has 0 fully saturated rings. The number of halogens is 8. The Labute approximate surface area is 251 Å². The zero-order valence-corrected chi connectivity index (χ0v) is 23.1. The van der Waals surface area contributed by atoms with Crippen LogP contribution in [0.25, 0.3) is 0 Å². The van der Waals surface area contributed by atoms with Crippen molar-refractivity contribution in [2.45, 2.75) is 30.7 Å². The predicted octanol–water partition coefficient (Wildman–Crippen LogP) is 7.73. The molecular weight excluding hydrogens is 612 g/mol. The van der Waals surface area contributed by atoms with Crippen molar-refractivity contribution < 1.29 is 49.8 Å². The van der Waals surface area contributed by atoms with Crippen LogP contribution in [0.3, 0.4) is 0 Å². The van der Waals surface area contributed by atoms with Gasteiger partial charge in [0.15, 0.2) is 0 Å². The Hall–Kier alpha value is -4.94. The van der Waals surface area contributed by atoms with Crippen LogP contribution in [0.2, 0.25) is 0 Å². The van der Waals surface area contributed by atoms with Crippen LogP contribution in [0.1, 0.15) is 43.7 Å². The first-order valence-electron chi connectivity index (χ1n) is 13.3. The molecule has 5 nitrogen and oxygen atoms in total. The lowest BCUT2D eigenvalue weighted by Gasteiger charge is -2.37. The highest BCUT2D eigenvalue weighted by Crippen LogP contribution is 2.39. The van der Waals surface area contributed by atoms with Gasteiger partial charge in [-0.3, -0.25) is 4.79 Å². The Morgan fingerprint density at radius 2 is 1.36 bits per heavy atom. The number of alkyl halides is 6. The minimum absolute atomic E-state index is 0.0443. The summed E-state index contributed by atoms with van der Waals surface area (Å²) in [5, 5.41) is 13.5. The molecule has 0 aliphatic heterocycles. The lowest BCUT2D eigenvalue weighted by Crippen LogP contribution is -2.49. The van der Waals surface area contributed by atoms with Crippen molar-refractivity contribution in [1.29, 1.82) is 0 Å². The number of carbonyl (C=O) groups is 2. The van der Waals surface area contributed by atoms with Gasteiger partial charge in [-0.2, -0.15) is 26.3 Å². The van der Waals surface area contributed by atoms with Crippen LogP contribution in [0.4, 0.5) is 39.9 Å². The first kappa shape index (κ1) is 33.0. The molecule has 0 radical (unpaired) electrons. The van der Waals surface area contributed by atoms with E-state index in [1.165, 1.54) is 6.07 Å². The summed E-state index contributed by atoms with van der Waals surface area (Å²) < 4.78 is 112. The molecule has 0 aliphatic rings. The summed E-state index contributed by atoms with van der Waals surface area (Å²) in [7, 11) is 0. The molecule has 4 rings (SSSR count). The van der Waals surface area contributed by atoms with Gasteiger partial charge in [0, 0.05) is 18.5 Å². The summed E-state index contributed by atoms with van der Waals surface area (Å²) in [5.41, 5.74) is -5.34. The van der Waals surface area contributed by atoms with Crippen molar-refractivity contribution in [2.75, 3.05) is 6.54 Å². The zero-order chi connectivity index (χ0) is 33.0. The van der Waals surface area contributed by atoms with E-state index in [1.54, 1.807) is 30.3 Å². The molecule has 4 aromatic rings. The summed E-state index contributed by atoms with van der Waals surface area (Å²) in [4.78, 5) is 24.6. The normalized spacial score (nSPS) is 13.2. The number of hydrogen-bond acceptors (Lipinski definition) is 2. The fraction of sp³-hybridized carbons (Fsp3) is 0.188. The molecule has 0 heterocycles. The van der Waals surface area contributed by atoms with E-state index in [4.69, 9.17) is 5.11 Å². The first-order valence-corrected chi connectivity index (χ1v) is 13.3. The van der Waals surface area contributed by atoms with Gasteiger partial charge in [-0.15, -0.1) is 0 Å². The van der Waals surface area contributed by atoms with Crippen LogP contribution >= 0.6 is 0 Å². The molecule has 0 unspecified atom stereocenters. The van der Waals surface area contributed by atoms with E-state index < -0.39 is 63.8 Å². The standard InChI is InChI=1S/C32H24F8N2O3/c33-26-16-24(15-25(17-26)32(38,39)40)30(18-19-5-2-1-3-6-19,22-9-10-27(34)20(13-22)11-12-41-29(44)45)42-28(43)21-7-4-8-23(14-21)31(35,36)37/h1-10,13-17,41H,11-12,18H2,(H,42,43)(H,44,45)/t30-/m1/s1. The monoisotopic (exact) mass is 636 g/mol. The molecule has 0 spiro atoms. The highest BCUT2D eigenvalue weighted by atomic mass is 19.4. The molecular formula is C32H24F8N2O3. The quantitative estimate of drug-likeness (QED) is 0.165. The van der Waals surface area contributed by atoms with Crippen molar-refractivity contribution in [2.24, 2.45) is 0 Å². The maximum atomic E-state index is 14.9. The number of amides is 2. The highest BCUT2D eigenvalue weighted by Gasteiger charge is 2.41. The van der Waals surface area contributed by atoms with Gasteiger partial charge >= 0.3 is 18.4 Å². The van der Waals surface area contributed by atoms with Crippen molar-refractivity contribution in [1.82, 2.24) is 10.6 Å². The number of hydrogen-bond donors (Lipinski definition) is 3. The number of carbonyl (C=O) groups excluding carboxylic acids is 1. The SMILES string of the molecule is O=C(O)NCCc1cc([C@@](Cc2ccccc2)(NC(=O)c2cccc(C(F)(F)F)c2)c2cc(F)cc(C(F)(F)F)c2)ccc1F. The topological polar surface area (TPSA) is 78.4 Å². The van der Waals surface area contributed by atoms with Crippen LogP contribution in [0, 0.1) is 11.6 Å². The van der Waals surface area contributed by atoms with Crippen molar-refractivity contribution in [3.05, 3.63) is 142 Å². The molecule has 236 valence electrons. The average molecular weight is 637 g/mol. The van der Waals surface area contributed by atoms with Crippen LogP contribution in [-0.4, -0.2) is 23.7 Å². The number of carboxylic acid groups (broad SMARTS) is 1. The van der Waals surface area contributed by atoms with Crippen LogP contribution < -0.4 is 10.6 Å². The van der Waals surface area contributed by atoms with Gasteiger partial charge in [-0.25, -0.2) is 13.6 Å². The van der Waals surface area contributed by atoms with E-state index in [0.717, 1.165) is 36.4 Å². The lowest BCUT2D eigenvalue weighted by atomic mass is 9.76. The molecule has 1 atom stereocenters. The fourth-order valence-electron chi connectivity index (χ4n) is 4.90. The Balaban J connectivity index is 1.99. The van der Waals surface area contributed by atoms with E-state index in [1.807, 2.05) is 0 Å². The third-order valence-corrected chi connectivity index (χ3v) is 7.02.